The number of Topliss-reactive ketones (excluding diaryl/α,β-unsaturated/α-hetero) is 1. The molecule has 2 fully saturated rings. The minimum atomic E-state index is -1.36. The van der Waals surface area contributed by atoms with Gasteiger partial charge < -0.3 is 5.32 Å². The van der Waals surface area contributed by atoms with E-state index >= 15 is 0 Å². The van der Waals surface area contributed by atoms with E-state index in [1.807, 2.05) is 0 Å². The summed E-state index contributed by atoms with van der Waals surface area (Å²) in [6, 6.07) is 9.16. The number of imide groups is 1. The van der Waals surface area contributed by atoms with Crippen LogP contribution in [0.25, 0.3) is 0 Å². The average Bonchev–Trinajstić information content (AvgIpc) is 3.19. The van der Waals surface area contributed by atoms with Crippen LogP contribution in [0.3, 0.4) is 0 Å². The molecule has 172 valence electrons. The Balaban J connectivity index is 1.50. The molecule has 3 amide bonds. The van der Waals surface area contributed by atoms with Crippen molar-refractivity contribution in [3.8, 4) is 0 Å². The second-order valence-electron chi connectivity index (χ2n) is 7.47. The summed E-state index contributed by atoms with van der Waals surface area (Å²) >= 11 is 31.8. The Kier molecular flexibility index (Phi) is 6.93. The second kappa shape index (κ2) is 9.29. The van der Waals surface area contributed by atoms with Crippen molar-refractivity contribution in [1.29, 1.82) is 0 Å². The topological polar surface area (TPSA) is 83.6 Å². The summed E-state index contributed by atoms with van der Waals surface area (Å²) in [5.41, 5.74) is 0.964. The van der Waals surface area contributed by atoms with Crippen LogP contribution >= 0.6 is 69.8 Å². The normalized spacial score (nSPS) is 21.3. The van der Waals surface area contributed by atoms with Crippen molar-refractivity contribution < 1.29 is 19.2 Å². The highest BCUT2D eigenvalue weighted by molar-refractivity contribution is 8.14. The molecule has 1 heterocycles. The summed E-state index contributed by atoms with van der Waals surface area (Å²) in [6.07, 6.45) is 0. The van der Waals surface area contributed by atoms with Gasteiger partial charge in [0.2, 0.25) is 11.8 Å². The molecule has 33 heavy (non-hydrogen) atoms. The summed E-state index contributed by atoms with van der Waals surface area (Å²) in [6.45, 7) is -0.436. The van der Waals surface area contributed by atoms with Gasteiger partial charge in [0.05, 0.1) is 23.2 Å². The molecule has 1 aliphatic heterocycles. The summed E-state index contributed by atoms with van der Waals surface area (Å²) < 4.78 is -1.36. The third-order valence-electron chi connectivity index (χ3n) is 5.26. The molecule has 0 aromatic heterocycles. The molecular formula is C21H13Cl5N2O4S. The van der Waals surface area contributed by atoms with Gasteiger partial charge in [0.1, 0.15) is 4.33 Å². The van der Waals surface area contributed by atoms with E-state index in [-0.39, 0.29) is 22.0 Å². The molecule has 0 bridgehead atoms. The molecule has 6 nitrogen and oxygen atoms in total. The molecule has 2 unspecified atom stereocenters. The predicted molar refractivity (Wildman–Crippen MR) is 131 cm³/mol. The largest absolute Gasteiger partial charge is 0.326 e. The van der Waals surface area contributed by atoms with Crippen LogP contribution in [0, 0.1) is 5.92 Å². The van der Waals surface area contributed by atoms with E-state index in [2.05, 4.69) is 5.32 Å². The number of benzene rings is 2. The quantitative estimate of drug-likeness (QED) is 0.340. The van der Waals surface area contributed by atoms with Crippen molar-refractivity contribution in [2.45, 2.75) is 10.3 Å². The number of amides is 3. The van der Waals surface area contributed by atoms with Crippen LogP contribution in [0.15, 0.2) is 36.4 Å². The van der Waals surface area contributed by atoms with Gasteiger partial charge in [-0.2, -0.15) is 0 Å². The third kappa shape index (κ3) is 4.99. The first-order valence-corrected chi connectivity index (χ1v) is 12.3. The van der Waals surface area contributed by atoms with Crippen molar-refractivity contribution in [3.63, 3.8) is 0 Å². The van der Waals surface area contributed by atoms with Gasteiger partial charge in [0.15, 0.2) is 5.78 Å². The molecule has 2 aromatic carbocycles. The van der Waals surface area contributed by atoms with Crippen molar-refractivity contribution in [3.05, 3.63) is 62.6 Å². The van der Waals surface area contributed by atoms with Crippen LogP contribution < -0.4 is 5.32 Å². The fraction of sp³-hybridized carbons (Fsp3) is 0.238. The van der Waals surface area contributed by atoms with Crippen LogP contribution in [0.5, 0.6) is 0 Å². The van der Waals surface area contributed by atoms with Crippen molar-refractivity contribution >= 4 is 98.3 Å². The molecule has 4 rings (SSSR count). The van der Waals surface area contributed by atoms with Gasteiger partial charge >= 0.3 is 0 Å². The number of nitrogens with one attached hydrogen (secondary N) is 1. The van der Waals surface area contributed by atoms with Crippen LogP contribution in [0.4, 0.5) is 10.5 Å². The van der Waals surface area contributed by atoms with E-state index in [9.17, 15) is 19.2 Å². The lowest BCUT2D eigenvalue weighted by atomic mass is 10.1. The second-order valence-corrected chi connectivity index (χ2v) is 11.1. The molecule has 2 aliphatic rings. The lowest BCUT2D eigenvalue weighted by molar-refractivity contribution is -0.124. The Hall–Kier alpha value is -1.48. The van der Waals surface area contributed by atoms with Crippen LogP contribution in [-0.2, 0) is 9.59 Å². The van der Waals surface area contributed by atoms with E-state index in [0.717, 1.165) is 16.7 Å². The number of ketones is 1. The van der Waals surface area contributed by atoms with Crippen LogP contribution in [-0.4, -0.2) is 44.4 Å². The SMILES string of the molecule is O=C(CN1C(=O)CSC1=O)c1cc(NC(=O)C2C(c3cc(Cl)cc(Cl)c3)C2(Cl)Cl)ccc1Cl. The van der Waals surface area contributed by atoms with Crippen molar-refractivity contribution in [2.75, 3.05) is 17.6 Å². The molecular weight excluding hydrogens is 554 g/mol. The molecule has 0 spiro atoms. The molecule has 2 atom stereocenters. The Morgan fingerprint density at radius 3 is 2.33 bits per heavy atom. The van der Waals surface area contributed by atoms with Gasteiger partial charge in [-0.1, -0.05) is 46.6 Å². The first kappa shape index (κ1) is 24.6. The number of hydrogen-bond donors (Lipinski definition) is 1. The van der Waals surface area contributed by atoms with Crippen molar-refractivity contribution in [2.24, 2.45) is 5.92 Å². The number of carbonyl (C=O) groups excluding carboxylic acids is 4. The average molecular weight is 567 g/mol. The van der Waals surface area contributed by atoms with Gasteiger partial charge in [0.25, 0.3) is 5.24 Å². The lowest BCUT2D eigenvalue weighted by Gasteiger charge is -2.13. The zero-order valence-corrected chi connectivity index (χ0v) is 21.0. The molecule has 12 heteroatoms. The first-order chi connectivity index (χ1) is 15.5. The van der Waals surface area contributed by atoms with Gasteiger partial charge in [-0.25, -0.2) is 0 Å². The maximum atomic E-state index is 12.9. The maximum absolute atomic E-state index is 12.9. The predicted octanol–water partition coefficient (Wildman–Crippen LogP) is 6.05. The molecule has 2 aromatic rings. The number of hydrogen-bond acceptors (Lipinski definition) is 5. The summed E-state index contributed by atoms with van der Waals surface area (Å²) in [5.74, 6) is -2.78. The first-order valence-electron chi connectivity index (χ1n) is 9.43. The third-order valence-corrected chi connectivity index (χ3v) is 7.82. The van der Waals surface area contributed by atoms with Crippen LogP contribution in [0.1, 0.15) is 21.8 Å². The highest BCUT2D eigenvalue weighted by Gasteiger charge is 2.67. The number of carbonyl (C=O) groups is 4. The number of rotatable bonds is 6. The van der Waals surface area contributed by atoms with E-state index in [1.165, 1.54) is 18.2 Å². The number of anilines is 1. The summed E-state index contributed by atoms with van der Waals surface area (Å²) in [7, 11) is 0. The lowest BCUT2D eigenvalue weighted by Crippen LogP contribution is -2.34. The summed E-state index contributed by atoms with van der Waals surface area (Å²) in [4.78, 5) is 50.0. The number of thioether (sulfide) groups is 1. The number of alkyl halides is 2. The van der Waals surface area contributed by atoms with Gasteiger partial charge in [-0.3, -0.25) is 24.1 Å². The Bertz CT molecular complexity index is 1170. The van der Waals surface area contributed by atoms with E-state index in [1.54, 1.807) is 18.2 Å². The number of nitrogens with zero attached hydrogens (tertiary/aromatic N) is 1. The summed E-state index contributed by atoms with van der Waals surface area (Å²) in [5, 5.41) is 3.09. The highest BCUT2D eigenvalue weighted by atomic mass is 35.5. The van der Waals surface area contributed by atoms with E-state index < -0.39 is 45.6 Å². The smallest absolute Gasteiger partial charge is 0.289 e. The fourth-order valence-corrected chi connectivity index (χ4v) is 5.94. The van der Waals surface area contributed by atoms with Gasteiger partial charge in [0, 0.05) is 27.2 Å². The molecule has 1 N–H and O–H groups in total. The maximum Gasteiger partial charge on any atom is 0.289 e. The minimum Gasteiger partial charge on any atom is -0.326 e. The Labute approximate surface area is 217 Å². The monoisotopic (exact) mass is 564 g/mol. The van der Waals surface area contributed by atoms with Crippen LogP contribution in [0.2, 0.25) is 15.1 Å². The molecule has 0 radical (unpaired) electrons. The number of halogens is 5. The zero-order valence-electron chi connectivity index (χ0n) is 16.4. The fourth-order valence-electron chi connectivity index (χ4n) is 3.62. The molecule has 1 aliphatic carbocycles. The zero-order chi connectivity index (χ0) is 24.1. The molecule has 1 saturated heterocycles. The standard InChI is InChI=1S/C21H13Cl5N2O4S/c22-10-3-9(4-11(23)5-10)17-18(21(17,25)26)19(31)27-12-1-2-14(24)13(6-12)15(29)7-28-16(30)8-33-20(28)32/h1-6,17-18H,7-8H2,(H,27,31). The highest BCUT2D eigenvalue weighted by Crippen LogP contribution is 2.65. The van der Waals surface area contributed by atoms with Gasteiger partial charge in [-0.15, -0.1) is 23.2 Å². The molecule has 1 saturated carbocycles. The minimum absolute atomic E-state index is 0.00502. The van der Waals surface area contributed by atoms with E-state index in [0.29, 0.717) is 15.6 Å². The Morgan fingerprint density at radius 1 is 1.06 bits per heavy atom. The van der Waals surface area contributed by atoms with E-state index in [4.69, 9.17) is 58.0 Å². The Morgan fingerprint density at radius 2 is 1.73 bits per heavy atom. The van der Waals surface area contributed by atoms with Gasteiger partial charge in [-0.05, 0) is 42.0 Å². The van der Waals surface area contributed by atoms with Crippen molar-refractivity contribution in [1.82, 2.24) is 4.90 Å².